The van der Waals surface area contributed by atoms with Crippen LogP contribution in [-0.4, -0.2) is 14.5 Å². The maximum Gasteiger partial charge on any atom is 0.160 e. The average molecular weight is 610 g/mol. The van der Waals surface area contributed by atoms with Crippen LogP contribution in [0.1, 0.15) is 0 Å². The van der Waals surface area contributed by atoms with Gasteiger partial charge in [-0.1, -0.05) is 84.9 Å². The number of hydrogen-bond acceptors (Lipinski definition) is 4. The number of rotatable bonds is 3. The highest BCUT2D eigenvalue weighted by Crippen LogP contribution is 2.44. The number of para-hydroxylation sites is 1. The molecule has 0 aliphatic carbocycles. The Morgan fingerprint density at radius 2 is 1.13 bits per heavy atom. The van der Waals surface area contributed by atoms with Crippen LogP contribution in [0, 0.1) is 0 Å². The van der Waals surface area contributed by atoms with E-state index < -0.39 is 0 Å². The molecule has 5 heteroatoms. The molecule has 0 saturated heterocycles. The van der Waals surface area contributed by atoms with Gasteiger partial charge in [0.25, 0.3) is 0 Å². The molecule has 4 aromatic heterocycles. The Morgan fingerprint density at radius 3 is 1.96 bits per heavy atom. The van der Waals surface area contributed by atoms with Gasteiger partial charge in [0.1, 0.15) is 0 Å². The third-order valence-corrected chi connectivity index (χ3v) is 11.1. The molecule has 45 heavy (non-hydrogen) atoms. The van der Waals surface area contributed by atoms with Crippen molar-refractivity contribution < 1.29 is 0 Å². The second-order valence-corrected chi connectivity index (χ2v) is 13.5. The molecule has 0 N–H and O–H groups in total. The molecule has 0 aliphatic heterocycles. The van der Waals surface area contributed by atoms with Gasteiger partial charge in [0, 0.05) is 57.8 Å². The summed E-state index contributed by atoms with van der Waals surface area (Å²) in [5.74, 6) is 0.741. The zero-order chi connectivity index (χ0) is 29.5. The van der Waals surface area contributed by atoms with E-state index in [1.165, 1.54) is 52.1 Å². The van der Waals surface area contributed by atoms with E-state index in [-0.39, 0.29) is 0 Å². The molecule has 0 spiro atoms. The molecule has 0 bridgehead atoms. The van der Waals surface area contributed by atoms with Crippen LogP contribution in [0.5, 0.6) is 0 Å². The van der Waals surface area contributed by atoms with E-state index in [1.54, 1.807) is 11.3 Å². The van der Waals surface area contributed by atoms with Crippen LogP contribution in [0.4, 0.5) is 0 Å². The Morgan fingerprint density at radius 1 is 0.444 bits per heavy atom. The maximum absolute atomic E-state index is 5.18. The first-order valence-electron chi connectivity index (χ1n) is 15.0. The van der Waals surface area contributed by atoms with Crippen molar-refractivity contribution in [3.63, 3.8) is 0 Å². The van der Waals surface area contributed by atoms with Crippen LogP contribution in [0.25, 0.3) is 90.6 Å². The van der Waals surface area contributed by atoms with Crippen molar-refractivity contribution in [1.82, 2.24) is 14.5 Å². The van der Waals surface area contributed by atoms with Crippen LogP contribution in [0.15, 0.2) is 140 Å². The number of hydrogen-bond donors (Lipinski definition) is 0. The number of fused-ring (bicyclic) bond motifs is 10. The highest BCUT2D eigenvalue weighted by molar-refractivity contribution is 7.26. The Balaban J connectivity index is 1.18. The van der Waals surface area contributed by atoms with Crippen LogP contribution in [0.3, 0.4) is 0 Å². The minimum atomic E-state index is 0.741. The summed E-state index contributed by atoms with van der Waals surface area (Å²) in [7, 11) is 0. The Bertz CT molecular complexity index is 2750. The highest BCUT2D eigenvalue weighted by atomic mass is 32.1. The van der Waals surface area contributed by atoms with Gasteiger partial charge in [-0.15, -0.1) is 22.7 Å². The molecular formula is C40H23N3S2. The molecule has 0 aliphatic rings. The first-order chi connectivity index (χ1) is 22.3. The number of thiophene rings is 2. The van der Waals surface area contributed by atoms with E-state index in [0.717, 1.165) is 38.5 Å². The maximum atomic E-state index is 5.18. The van der Waals surface area contributed by atoms with Gasteiger partial charge in [0.15, 0.2) is 5.82 Å². The topological polar surface area (TPSA) is 30.7 Å². The smallest absolute Gasteiger partial charge is 0.160 e. The molecule has 10 rings (SSSR count). The summed E-state index contributed by atoms with van der Waals surface area (Å²) in [4.78, 5) is 10.3. The average Bonchev–Trinajstić information content (AvgIpc) is 3.78. The fourth-order valence-corrected chi connectivity index (χ4v) is 9.09. The molecular weight excluding hydrogens is 587 g/mol. The van der Waals surface area contributed by atoms with Crippen LogP contribution >= 0.6 is 22.7 Å². The fourth-order valence-electron chi connectivity index (χ4n) is 6.82. The number of benzene rings is 6. The standard InChI is InChI=1S/C40H23N3S2/c1-2-10-24(11-3-1)37-39-38(29-14-6-9-17-33(29)45-39)42-40(41-37)25-18-20-26(21-19-25)43-30-15-7-4-12-27(30)35-31(43)22-23-34-36(35)28-13-5-8-16-32(28)44-34/h1-23H. The Labute approximate surface area is 266 Å². The molecule has 6 aromatic carbocycles. The lowest BCUT2D eigenvalue weighted by atomic mass is 10.1. The van der Waals surface area contributed by atoms with Gasteiger partial charge >= 0.3 is 0 Å². The highest BCUT2D eigenvalue weighted by Gasteiger charge is 2.19. The molecule has 0 radical (unpaired) electrons. The van der Waals surface area contributed by atoms with Gasteiger partial charge in [-0.2, -0.15) is 0 Å². The van der Waals surface area contributed by atoms with E-state index in [0.29, 0.717) is 0 Å². The molecule has 0 fully saturated rings. The minimum absolute atomic E-state index is 0.741. The molecule has 4 heterocycles. The van der Waals surface area contributed by atoms with Crippen LogP contribution < -0.4 is 0 Å². The van der Waals surface area contributed by atoms with E-state index in [9.17, 15) is 0 Å². The quantitative estimate of drug-likeness (QED) is 0.199. The van der Waals surface area contributed by atoms with Gasteiger partial charge in [0.2, 0.25) is 0 Å². The minimum Gasteiger partial charge on any atom is -0.309 e. The summed E-state index contributed by atoms with van der Waals surface area (Å²) in [6.07, 6.45) is 0. The zero-order valence-corrected chi connectivity index (χ0v) is 25.6. The first kappa shape index (κ1) is 25.0. The lowest BCUT2D eigenvalue weighted by Gasteiger charge is -2.10. The van der Waals surface area contributed by atoms with Crippen molar-refractivity contribution in [1.29, 1.82) is 0 Å². The van der Waals surface area contributed by atoms with E-state index in [1.807, 2.05) is 17.4 Å². The SMILES string of the molecule is c1ccc(-c2nc(-c3ccc(-n4c5ccccc5c5c6c(ccc54)sc4ccccc46)cc3)nc3c2sc2ccccc23)cc1. The lowest BCUT2D eigenvalue weighted by Crippen LogP contribution is -1.96. The fraction of sp³-hybridized carbons (Fsp3) is 0. The summed E-state index contributed by atoms with van der Waals surface area (Å²) < 4.78 is 7.40. The third-order valence-electron chi connectivity index (χ3n) is 8.83. The predicted octanol–water partition coefficient (Wildman–Crippen LogP) is 11.6. The van der Waals surface area contributed by atoms with Gasteiger partial charge in [0.05, 0.1) is 26.9 Å². The molecule has 0 saturated carbocycles. The molecule has 0 unspecified atom stereocenters. The molecule has 10 aromatic rings. The van der Waals surface area contributed by atoms with Crippen molar-refractivity contribution in [3.05, 3.63) is 140 Å². The summed E-state index contributed by atoms with van der Waals surface area (Å²) in [5, 5.41) is 6.43. The normalized spacial score (nSPS) is 12.0. The second kappa shape index (κ2) is 9.57. The van der Waals surface area contributed by atoms with Crippen molar-refractivity contribution >= 4 is 85.0 Å². The van der Waals surface area contributed by atoms with E-state index in [4.69, 9.17) is 9.97 Å². The predicted molar refractivity (Wildman–Crippen MR) is 193 cm³/mol. The molecule has 0 amide bonds. The van der Waals surface area contributed by atoms with Gasteiger partial charge in [-0.25, -0.2) is 9.97 Å². The van der Waals surface area contributed by atoms with Gasteiger partial charge in [-0.3, -0.25) is 0 Å². The summed E-state index contributed by atoms with van der Waals surface area (Å²) in [6, 6.07) is 49.8. The second-order valence-electron chi connectivity index (χ2n) is 11.4. The van der Waals surface area contributed by atoms with Crippen LogP contribution in [-0.2, 0) is 0 Å². The van der Waals surface area contributed by atoms with Crippen molar-refractivity contribution in [3.8, 4) is 28.3 Å². The van der Waals surface area contributed by atoms with Crippen molar-refractivity contribution in [2.75, 3.05) is 0 Å². The first-order valence-corrected chi connectivity index (χ1v) is 16.6. The van der Waals surface area contributed by atoms with Gasteiger partial charge < -0.3 is 4.57 Å². The van der Waals surface area contributed by atoms with Gasteiger partial charge in [-0.05, 0) is 54.6 Å². The lowest BCUT2D eigenvalue weighted by molar-refractivity contribution is 1.18. The zero-order valence-electron chi connectivity index (χ0n) is 23.9. The van der Waals surface area contributed by atoms with Crippen molar-refractivity contribution in [2.24, 2.45) is 0 Å². The summed E-state index contributed by atoms with van der Waals surface area (Å²) >= 11 is 3.63. The third kappa shape index (κ3) is 3.69. The Hall–Kier alpha value is -5.36. The van der Waals surface area contributed by atoms with Crippen LogP contribution in [0.2, 0.25) is 0 Å². The summed E-state index contributed by atoms with van der Waals surface area (Å²) in [6.45, 7) is 0. The van der Waals surface area contributed by atoms with E-state index >= 15 is 0 Å². The molecule has 210 valence electrons. The number of aromatic nitrogens is 3. The summed E-state index contributed by atoms with van der Waals surface area (Å²) in [5.41, 5.74) is 7.64. The van der Waals surface area contributed by atoms with E-state index in [2.05, 4.69) is 138 Å². The molecule has 3 nitrogen and oxygen atoms in total. The molecule has 0 atom stereocenters. The largest absolute Gasteiger partial charge is 0.309 e. The van der Waals surface area contributed by atoms with Crippen molar-refractivity contribution in [2.45, 2.75) is 0 Å². The number of nitrogens with zero attached hydrogens (tertiary/aromatic N) is 3. The Kier molecular flexibility index (Phi) is 5.32. The monoisotopic (exact) mass is 609 g/mol.